The number of rotatable bonds is 6. The largest absolute Gasteiger partial charge is 0.464 e. The van der Waals surface area contributed by atoms with Crippen LogP contribution in [0.2, 0.25) is 0 Å². The summed E-state index contributed by atoms with van der Waals surface area (Å²) >= 11 is 6.01. The summed E-state index contributed by atoms with van der Waals surface area (Å²) in [4.78, 5) is 13.5. The number of allylic oxidation sites excluding steroid dienone is 1. The highest BCUT2D eigenvalue weighted by molar-refractivity contribution is 6.22. The zero-order chi connectivity index (χ0) is 11.8. The minimum Gasteiger partial charge on any atom is -0.464 e. The monoisotopic (exact) mass is 233 g/mol. The van der Waals surface area contributed by atoms with E-state index in [1.807, 2.05) is 25.7 Å². The second-order valence-electron chi connectivity index (χ2n) is 3.14. The van der Waals surface area contributed by atoms with Crippen molar-refractivity contribution in [1.29, 1.82) is 0 Å². The molecule has 1 atom stereocenters. The first-order valence-electron chi connectivity index (χ1n) is 5.29. The molecule has 0 amide bonds. The van der Waals surface area contributed by atoms with Crippen LogP contribution in [-0.2, 0) is 9.53 Å². The molecule has 0 spiro atoms. The van der Waals surface area contributed by atoms with Gasteiger partial charge in [0.2, 0.25) is 0 Å². The number of hydrogen-bond acceptors (Lipinski definition) is 3. The minimum atomic E-state index is -0.321. The Kier molecular flexibility index (Phi) is 7.22. The average Bonchev–Trinajstić information content (AvgIpc) is 2.27. The van der Waals surface area contributed by atoms with Crippen LogP contribution in [0.25, 0.3) is 0 Å². The predicted molar refractivity (Wildman–Crippen MR) is 63.0 cm³/mol. The van der Waals surface area contributed by atoms with Crippen LogP contribution in [0.1, 0.15) is 27.2 Å². The van der Waals surface area contributed by atoms with Crippen molar-refractivity contribution in [3.63, 3.8) is 0 Å². The number of carbonyl (C=O) groups excluding carboxylic acids is 1. The van der Waals surface area contributed by atoms with Crippen LogP contribution in [0, 0.1) is 0 Å². The summed E-state index contributed by atoms with van der Waals surface area (Å²) in [6, 6.07) is 0. The van der Waals surface area contributed by atoms with E-state index < -0.39 is 0 Å². The second kappa shape index (κ2) is 7.57. The second-order valence-corrected chi connectivity index (χ2v) is 3.70. The molecular formula is C11H20ClNO2. The molecule has 0 aliphatic rings. The minimum absolute atomic E-state index is 0.125. The predicted octanol–water partition coefficient (Wildman–Crippen LogP) is 2.40. The highest BCUT2D eigenvalue weighted by atomic mass is 35.5. The Morgan fingerprint density at radius 1 is 1.40 bits per heavy atom. The Bertz CT molecular complexity index is 225. The van der Waals surface area contributed by atoms with Gasteiger partial charge < -0.3 is 9.64 Å². The molecule has 0 aliphatic carbocycles. The maximum atomic E-state index is 11.5. The highest BCUT2D eigenvalue weighted by Gasteiger charge is 2.16. The van der Waals surface area contributed by atoms with Gasteiger partial charge in [-0.15, -0.1) is 11.6 Å². The summed E-state index contributed by atoms with van der Waals surface area (Å²) in [6.07, 6.45) is 2.56. The van der Waals surface area contributed by atoms with Crippen molar-refractivity contribution in [1.82, 2.24) is 4.90 Å². The summed E-state index contributed by atoms with van der Waals surface area (Å²) in [5, 5.41) is -0.125. The zero-order valence-corrected chi connectivity index (χ0v) is 10.7. The van der Waals surface area contributed by atoms with Crippen LogP contribution in [0.15, 0.2) is 11.8 Å². The average molecular weight is 234 g/mol. The van der Waals surface area contributed by atoms with Gasteiger partial charge in [-0.1, -0.05) is 6.92 Å². The molecular weight excluding hydrogens is 214 g/mol. The smallest absolute Gasteiger partial charge is 0.354 e. The summed E-state index contributed by atoms with van der Waals surface area (Å²) in [5.74, 6) is -0.321. The molecule has 1 unspecified atom stereocenters. The number of halogens is 1. The van der Waals surface area contributed by atoms with Gasteiger partial charge in [-0.25, -0.2) is 4.79 Å². The van der Waals surface area contributed by atoms with Crippen molar-refractivity contribution in [2.45, 2.75) is 32.6 Å². The number of hydrogen-bond donors (Lipinski definition) is 0. The highest BCUT2D eigenvalue weighted by Crippen LogP contribution is 2.12. The van der Waals surface area contributed by atoms with Crippen LogP contribution >= 0.6 is 11.6 Å². The normalized spacial score (nSPS) is 13.5. The third-order valence-electron chi connectivity index (χ3n) is 2.23. The quantitative estimate of drug-likeness (QED) is 0.401. The Balaban J connectivity index is 4.86. The molecule has 0 aliphatic heterocycles. The number of carbonyl (C=O) groups is 1. The summed E-state index contributed by atoms with van der Waals surface area (Å²) in [6.45, 7) is 7.51. The van der Waals surface area contributed by atoms with Crippen LogP contribution in [0.4, 0.5) is 0 Å². The lowest BCUT2D eigenvalue weighted by molar-refractivity contribution is -0.137. The molecule has 0 saturated carbocycles. The summed E-state index contributed by atoms with van der Waals surface area (Å²) in [7, 11) is 1.38. The lowest BCUT2D eigenvalue weighted by Crippen LogP contribution is -2.28. The molecule has 0 aromatic rings. The number of alkyl halides is 1. The number of nitrogens with zero attached hydrogens (tertiary/aromatic N) is 1. The van der Waals surface area contributed by atoms with Crippen molar-refractivity contribution in [3.05, 3.63) is 11.8 Å². The number of esters is 1. The van der Waals surface area contributed by atoms with Crippen molar-refractivity contribution < 1.29 is 9.53 Å². The van der Waals surface area contributed by atoms with E-state index in [4.69, 9.17) is 16.3 Å². The van der Waals surface area contributed by atoms with Gasteiger partial charge in [-0.05, 0) is 26.3 Å². The number of methoxy groups -OCH3 is 1. The SMILES string of the molecule is CCC(Cl)C=C(C(=O)OC)N(CC)CC. The third-order valence-corrected chi connectivity index (χ3v) is 2.66. The fourth-order valence-electron chi connectivity index (χ4n) is 1.26. The topological polar surface area (TPSA) is 29.5 Å². The Morgan fingerprint density at radius 2 is 1.93 bits per heavy atom. The molecule has 0 heterocycles. The van der Waals surface area contributed by atoms with Crippen LogP contribution in [-0.4, -0.2) is 36.4 Å². The maximum absolute atomic E-state index is 11.5. The van der Waals surface area contributed by atoms with Gasteiger partial charge in [-0.2, -0.15) is 0 Å². The van der Waals surface area contributed by atoms with Crippen molar-refractivity contribution in [3.8, 4) is 0 Å². The number of ether oxygens (including phenoxy) is 1. The fraction of sp³-hybridized carbons (Fsp3) is 0.727. The standard InChI is InChI=1S/C11H20ClNO2/c1-5-9(12)8-10(11(14)15-4)13(6-2)7-3/h8-9H,5-7H2,1-4H3. The molecule has 0 N–H and O–H groups in total. The van der Waals surface area contributed by atoms with E-state index in [0.717, 1.165) is 19.5 Å². The molecule has 15 heavy (non-hydrogen) atoms. The van der Waals surface area contributed by atoms with E-state index in [0.29, 0.717) is 5.70 Å². The van der Waals surface area contributed by atoms with E-state index >= 15 is 0 Å². The Hall–Kier alpha value is -0.700. The van der Waals surface area contributed by atoms with E-state index in [1.54, 1.807) is 6.08 Å². The Morgan fingerprint density at radius 3 is 2.27 bits per heavy atom. The molecule has 0 rings (SSSR count). The first kappa shape index (κ1) is 14.3. The van der Waals surface area contributed by atoms with E-state index in [1.165, 1.54) is 7.11 Å². The summed E-state index contributed by atoms with van der Waals surface area (Å²) in [5.41, 5.74) is 0.560. The van der Waals surface area contributed by atoms with Crippen LogP contribution < -0.4 is 0 Å². The molecule has 4 heteroatoms. The van der Waals surface area contributed by atoms with Gasteiger partial charge in [0.05, 0.1) is 12.5 Å². The van der Waals surface area contributed by atoms with Gasteiger partial charge in [0.15, 0.2) is 0 Å². The van der Waals surface area contributed by atoms with E-state index in [-0.39, 0.29) is 11.3 Å². The van der Waals surface area contributed by atoms with Gasteiger partial charge in [0.25, 0.3) is 0 Å². The molecule has 3 nitrogen and oxygen atoms in total. The molecule has 0 bridgehead atoms. The first-order valence-corrected chi connectivity index (χ1v) is 5.73. The van der Waals surface area contributed by atoms with Crippen LogP contribution in [0.5, 0.6) is 0 Å². The maximum Gasteiger partial charge on any atom is 0.354 e. The third kappa shape index (κ3) is 4.56. The molecule has 0 aromatic carbocycles. The molecule has 0 fully saturated rings. The lowest BCUT2D eigenvalue weighted by Gasteiger charge is -2.23. The summed E-state index contributed by atoms with van der Waals surface area (Å²) < 4.78 is 4.73. The molecule has 0 aromatic heterocycles. The van der Waals surface area contributed by atoms with Gasteiger partial charge in [0.1, 0.15) is 5.70 Å². The van der Waals surface area contributed by atoms with Crippen molar-refractivity contribution >= 4 is 17.6 Å². The van der Waals surface area contributed by atoms with E-state index in [2.05, 4.69) is 0 Å². The lowest BCUT2D eigenvalue weighted by atomic mass is 10.2. The van der Waals surface area contributed by atoms with Crippen LogP contribution in [0.3, 0.4) is 0 Å². The first-order chi connectivity index (χ1) is 7.10. The van der Waals surface area contributed by atoms with Gasteiger partial charge in [-0.3, -0.25) is 0 Å². The van der Waals surface area contributed by atoms with Gasteiger partial charge in [0, 0.05) is 13.1 Å². The van der Waals surface area contributed by atoms with Crippen molar-refractivity contribution in [2.75, 3.05) is 20.2 Å². The van der Waals surface area contributed by atoms with Gasteiger partial charge >= 0.3 is 5.97 Å². The molecule has 88 valence electrons. The van der Waals surface area contributed by atoms with E-state index in [9.17, 15) is 4.79 Å². The zero-order valence-electron chi connectivity index (χ0n) is 9.92. The fourth-order valence-corrected chi connectivity index (χ4v) is 1.38. The molecule has 0 radical (unpaired) electrons. The molecule has 0 saturated heterocycles. The number of likely N-dealkylation sites (N-methyl/N-ethyl adjacent to an activating group) is 1. The van der Waals surface area contributed by atoms with Crippen molar-refractivity contribution in [2.24, 2.45) is 0 Å². The Labute approximate surface area is 97.0 Å².